The molecule has 2 aromatic heterocycles. The predicted octanol–water partition coefficient (Wildman–Crippen LogP) is 2.45. The second kappa shape index (κ2) is 7.00. The van der Waals surface area contributed by atoms with Gasteiger partial charge in [0.05, 0.1) is 13.2 Å². The Kier molecular flexibility index (Phi) is 4.94. The average molecular weight is 345 g/mol. The second-order valence-corrected chi connectivity index (χ2v) is 7.68. The Morgan fingerprint density at radius 3 is 2.76 bits per heavy atom. The van der Waals surface area contributed by atoms with Crippen LogP contribution in [0.3, 0.4) is 0 Å². The number of aromatic amines is 1. The van der Waals surface area contributed by atoms with Gasteiger partial charge in [0.2, 0.25) is 5.91 Å². The predicted molar refractivity (Wildman–Crippen MR) is 94.1 cm³/mol. The minimum absolute atomic E-state index is 0.120. The van der Waals surface area contributed by atoms with Gasteiger partial charge in [-0.15, -0.1) is 0 Å². The average Bonchev–Trinajstić information content (AvgIpc) is 3.26. The maximum Gasteiger partial charge on any atom is 0.224 e. The van der Waals surface area contributed by atoms with Crippen molar-refractivity contribution in [2.24, 2.45) is 0 Å². The molecule has 0 unspecified atom stereocenters. The van der Waals surface area contributed by atoms with Crippen molar-refractivity contribution in [3.8, 4) is 0 Å². The number of morpholine rings is 1. The quantitative estimate of drug-likeness (QED) is 0.923. The fraction of sp³-hybridized carbons (Fsp3) is 0.611. The molecular weight excluding hydrogens is 318 g/mol. The van der Waals surface area contributed by atoms with E-state index in [0.717, 1.165) is 5.82 Å². The molecule has 136 valence electrons. The first-order valence-electron chi connectivity index (χ1n) is 8.79. The van der Waals surface area contributed by atoms with Gasteiger partial charge in [-0.3, -0.25) is 9.89 Å². The van der Waals surface area contributed by atoms with E-state index in [0.29, 0.717) is 31.9 Å². The van der Waals surface area contributed by atoms with Gasteiger partial charge >= 0.3 is 0 Å². The van der Waals surface area contributed by atoms with Crippen LogP contribution in [0, 0.1) is 0 Å². The molecule has 1 amide bonds. The highest BCUT2D eigenvalue weighted by atomic mass is 16.5. The molecule has 7 heteroatoms. The highest BCUT2D eigenvalue weighted by molar-refractivity contribution is 5.76. The molecular formula is C18H27N5O2. The first-order chi connectivity index (χ1) is 11.8. The fourth-order valence-corrected chi connectivity index (χ4v) is 2.92. The molecule has 1 saturated heterocycles. The van der Waals surface area contributed by atoms with Crippen LogP contribution < -0.4 is 0 Å². The topological polar surface area (TPSA) is 76.0 Å². The number of carbonyl (C=O) groups is 1. The van der Waals surface area contributed by atoms with Gasteiger partial charge in [0.25, 0.3) is 0 Å². The van der Waals surface area contributed by atoms with Crippen LogP contribution in [0.4, 0.5) is 0 Å². The summed E-state index contributed by atoms with van der Waals surface area (Å²) in [5, 5.41) is 7.27. The zero-order chi connectivity index (χ0) is 18.0. The molecule has 1 fully saturated rings. The second-order valence-electron chi connectivity index (χ2n) is 7.68. The van der Waals surface area contributed by atoms with E-state index in [1.807, 2.05) is 29.4 Å². The normalized spacial score (nSPS) is 19.8. The van der Waals surface area contributed by atoms with Crippen molar-refractivity contribution in [3.05, 3.63) is 36.2 Å². The lowest BCUT2D eigenvalue weighted by molar-refractivity contribution is -0.140. The molecule has 1 N–H and O–H groups in total. The van der Waals surface area contributed by atoms with Crippen LogP contribution in [0.25, 0.3) is 0 Å². The largest absolute Gasteiger partial charge is 0.367 e. The lowest BCUT2D eigenvalue weighted by atomic mass is 9.96. The van der Waals surface area contributed by atoms with Crippen LogP contribution in [-0.2, 0) is 14.9 Å². The summed E-state index contributed by atoms with van der Waals surface area (Å²) in [5.41, 5.74) is -0.120. The number of hydrogen-bond acceptors (Lipinski definition) is 4. The molecule has 2 atom stereocenters. The summed E-state index contributed by atoms with van der Waals surface area (Å²) in [6.07, 6.45) is 4.21. The molecule has 25 heavy (non-hydrogen) atoms. The maximum atomic E-state index is 12.7. The lowest BCUT2D eigenvalue weighted by Gasteiger charge is -2.32. The molecule has 0 radical (unpaired) electrons. The van der Waals surface area contributed by atoms with E-state index in [2.05, 4.69) is 47.4 Å². The van der Waals surface area contributed by atoms with Crippen LogP contribution in [0.2, 0.25) is 0 Å². The fourth-order valence-electron chi connectivity index (χ4n) is 2.92. The number of amides is 1. The molecule has 2 aromatic rings. The minimum atomic E-state index is -0.247. The number of H-pyrrole nitrogens is 1. The van der Waals surface area contributed by atoms with Crippen LogP contribution in [0.15, 0.2) is 24.5 Å². The Labute approximate surface area is 148 Å². The molecule has 0 bridgehead atoms. The third kappa shape index (κ3) is 4.10. The standard InChI is InChI=1S/C18H27N5O2/c1-13(22-7-5-6-8-22)11-15(24)23-9-10-25-14(12-23)16-19-17(21-20-16)18(2,3)4/h5-8,13-14H,9-12H2,1-4H3,(H,19,20,21)/t13-,14-/m1/s1. The summed E-state index contributed by atoms with van der Waals surface area (Å²) in [4.78, 5) is 19.1. The molecule has 0 spiro atoms. The van der Waals surface area contributed by atoms with E-state index in [9.17, 15) is 4.79 Å². The van der Waals surface area contributed by atoms with E-state index >= 15 is 0 Å². The summed E-state index contributed by atoms with van der Waals surface area (Å²) in [6.45, 7) is 9.91. The smallest absolute Gasteiger partial charge is 0.224 e. The Morgan fingerprint density at radius 2 is 2.12 bits per heavy atom. The van der Waals surface area contributed by atoms with Crippen molar-refractivity contribution >= 4 is 5.91 Å². The summed E-state index contributed by atoms with van der Waals surface area (Å²) >= 11 is 0. The summed E-state index contributed by atoms with van der Waals surface area (Å²) in [7, 11) is 0. The Balaban J connectivity index is 1.62. The van der Waals surface area contributed by atoms with Crippen molar-refractivity contribution in [1.82, 2.24) is 24.6 Å². The van der Waals surface area contributed by atoms with Gasteiger partial charge in [0.15, 0.2) is 11.6 Å². The van der Waals surface area contributed by atoms with Crippen LogP contribution in [0.1, 0.15) is 57.9 Å². The van der Waals surface area contributed by atoms with Crippen LogP contribution in [-0.4, -0.2) is 50.3 Å². The number of nitrogens with one attached hydrogen (secondary N) is 1. The third-order valence-corrected chi connectivity index (χ3v) is 4.50. The van der Waals surface area contributed by atoms with Gasteiger partial charge in [0, 0.05) is 36.8 Å². The SMILES string of the molecule is C[C@H](CC(=O)N1CCO[C@@H](c2nc(C(C)(C)C)n[nH]2)C1)n1cccc1. The van der Waals surface area contributed by atoms with Crippen molar-refractivity contribution in [1.29, 1.82) is 0 Å². The number of carbonyl (C=O) groups excluding carboxylic acids is 1. The number of nitrogens with zero attached hydrogens (tertiary/aromatic N) is 4. The third-order valence-electron chi connectivity index (χ3n) is 4.50. The first-order valence-corrected chi connectivity index (χ1v) is 8.79. The van der Waals surface area contributed by atoms with E-state index in [-0.39, 0.29) is 23.5 Å². The summed E-state index contributed by atoms with van der Waals surface area (Å²) < 4.78 is 7.87. The minimum Gasteiger partial charge on any atom is -0.367 e. The molecule has 3 heterocycles. The van der Waals surface area contributed by atoms with Crippen molar-refractivity contribution < 1.29 is 9.53 Å². The van der Waals surface area contributed by atoms with Crippen molar-refractivity contribution in [2.75, 3.05) is 19.7 Å². The van der Waals surface area contributed by atoms with Crippen LogP contribution in [0.5, 0.6) is 0 Å². The molecule has 0 aliphatic carbocycles. The molecule has 1 aliphatic heterocycles. The number of rotatable bonds is 4. The van der Waals surface area contributed by atoms with Crippen LogP contribution >= 0.6 is 0 Å². The van der Waals surface area contributed by atoms with E-state index in [1.54, 1.807) is 0 Å². The number of ether oxygens (including phenoxy) is 1. The van der Waals surface area contributed by atoms with Gasteiger partial charge < -0.3 is 14.2 Å². The Bertz CT molecular complexity index is 701. The van der Waals surface area contributed by atoms with Gasteiger partial charge in [-0.1, -0.05) is 20.8 Å². The van der Waals surface area contributed by atoms with Crippen molar-refractivity contribution in [3.63, 3.8) is 0 Å². The molecule has 1 aliphatic rings. The zero-order valence-electron chi connectivity index (χ0n) is 15.4. The van der Waals surface area contributed by atoms with Gasteiger partial charge in [-0.05, 0) is 19.1 Å². The maximum absolute atomic E-state index is 12.7. The number of aromatic nitrogens is 4. The zero-order valence-corrected chi connectivity index (χ0v) is 15.4. The molecule has 0 aromatic carbocycles. The first kappa shape index (κ1) is 17.7. The van der Waals surface area contributed by atoms with Crippen molar-refractivity contribution in [2.45, 2.75) is 51.7 Å². The Morgan fingerprint density at radius 1 is 1.40 bits per heavy atom. The molecule has 3 rings (SSSR count). The molecule has 7 nitrogen and oxygen atoms in total. The highest BCUT2D eigenvalue weighted by Crippen LogP contribution is 2.24. The van der Waals surface area contributed by atoms with E-state index in [1.165, 1.54) is 0 Å². The van der Waals surface area contributed by atoms with Gasteiger partial charge in [0.1, 0.15) is 6.10 Å². The lowest BCUT2D eigenvalue weighted by Crippen LogP contribution is -2.43. The summed E-state index contributed by atoms with van der Waals surface area (Å²) in [6, 6.07) is 4.09. The summed E-state index contributed by atoms with van der Waals surface area (Å²) in [5.74, 6) is 1.60. The van der Waals surface area contributed by atoms with E-state index in [4.69, 9.17) is 4.74 Å². The highest BCUT2D eigenvalue weighted by Gasteiger charge is 2.29. The number of hydrogen-bond donors (Lipinski definition) is 1. The van der Waals surface area contributed by atoms with Gasteiger partial charge in [-0.2, -0.15) is 5.10 Å². The monoisotopic (exact) mass is 345 g/mol. The molecule has 0 saturated carbocycles. The Hall–Kier alpha value is -2.15. The van der Waals surface area contributed by atoms with Gasteiger partial charge in [-0.25, -0.2) is 4.98 Å². The van der Waals surface area contributed by atoms with E-state index < -0.39 is 0 Å².